The minimum absolute atomic E-state index is 0.0483. The van der Waals surface area contributed by atoms with Crippen molar-refractivity contribution in [3.63, 3.8) is 0 Å². The molecule has 0 radical (unpaired) electrons. The molecule has 1 N–H and O–H groups in total. The van der Waals surface area contributed by atoms with E-state index < -0.39 is 17.4 Å². The van der Waals surface area contributed by atoms with Crippen molar-refractivity contribution in [1.82, 2.24) is 9.88 Å². The van der Waals surface area contributed by atoms with Crippen molar-refractivity contribution >= 4 is 5.91 Å². The number of hydrogen-bond acceptors (Lipinski definition) is 3. The first-order chi connectivity index (χ1) is 9.34. The highest BCUT2D eigenvalue weighted by molar-refractivity contribution is 5.93. The Labute approximate surface area is 113 Å². The number of amides is 1. The average molecular weight is 281 g/mol. The Morgan fingerprint density at radius 3 is 2.60 bits per heavy atom. The molecule has 0 atom stereocenters. The number of carbonyl (C=O) groups is 1. The van der Waals surface area contributed by atoms with Gasteiger partial charge < -0.3 is 9.88 Å². The summed E-state index contributed by atoms with van der Waals surface area (Å²) in [5, 5.41) is 8.73. The van der Waals surface area contributed by atoms with Crippen LogP contribution in [0.25, 0.3) is 0 Å². The number of piperidine rings is 1. The number of H-pyrrole nitrogens is 1. The predicted molar refractivity (Wildman–Crippen MR) is 66.6 cm³/mol. The summed E-state index contributed by atoms with van der Waals surface area (Å²) >= 11 is 0. The highest BCUT2D eigenvalue weighted by atomic mass is 19.3. The highest BCUT2D eigenvalue weighted by Crippen LogP contribution is 2.28. The molecule has 1 aliphatic heterocycles. The third kappa shape index (κ3) is 2.69. The van der Waals surface area contributed by atoms with Crippen LogP contribution >= 0.6 is 0 Å². The molecule has 7 heteroatoms. The maximum absolute atomic E-state index is 13.1. The van der Waals surface area contributed by atoms with Gasteiger partial charge in [-0.1, -0.05) is 0 Å². The number of nitrogens with zero attached hydrogens (tertiary/aromatic N) is 2. The van der Waals surface area contributed by atoms with Crippen LogP contribution in [-0.4, -0.2) is 34.8 Å². The molecule has 20 heavy (non-hydrogen) atoms. The number of pyridine rings is 1. The van der Waals surface area contributed by atoms with Crippen molar-refractivity contribution in [1.29, 1.82) is 5.26 Å². The second kappa shape index (κ2) is 5.04. The van der Waals surface area contributed by atoms with E-state index in [1.165, 1.54) is 11.0 Å². The van der Waals surface area contributed by atoms with Crippen molar-refractivity contribution in [3.8, 4) is 6.07 Å². The van der Waals surface area contributed by atoms with Crippen molar-refractivity contribution in [2.45, 2.75) is 25.7 Å². The largest absolute Gasteiger partial charge is 0.337 e. The van der Waals surface area contributed by atoms with Gasteiger partial charge in [-0.15, -0.1) is 0 Å². The average Bonchev–Trinajstić information content (AvgIpc) is 2.40. The Balaban J connectivity index is 2.25. The number of rotatable bonds is 1. The van der Waals surface area contributed by atoms with Gasteiger partial charge in [-0.2, -0.15) is 5.26 Å². The minimum Gasteiger partial charge on any atom is -0.337 e. The van der Waals surface area contributed by atoms with E-state index in [9.17, 15) is 18.4 Å². The fourth-order valence-electron chi connectivity index (χ4n) is 2.13. The Morgan fingerprint density at radius 1 is 1.45 bits per heavy atom. The number of nitrogens with one attached hydrogen (secondary N) is 1. The molecule has 1 aliphatic rings. The topological polar surface area (TPSA) is 77.0 Å². The van der Waals surface area contributed by atoms with E-state index in [-0.39, 0.29) is 37.2 Å². The summed E-state index contributed by atoms with van der Waals surface area (Å²) in [5.74, 6) is -3.22. The summed E-state index contributed by atoms with van der Waals surface area (Å²) in [4.78, 5) is 27.4. The van der Waals surface area contributed by atoms with Crippen LogP contribution in [0.2, 0.25) is 0 Å². The number of aryl methyl sites for hydroxylation is 1. The number of likely N-dealkylation sites (tertiary alicyclic amines) is 1. The summed E-state index contributed by atoms with van der Waals surface area (Å²) in [7, 11) is 0. The molecule has 1 aromatic rings. The van der Waals surface area contributed by atoms with Gasteiger partial charge in [-0.3, -0.25) is 9.59 Å². The molecule has 1 fully saturated rings. The lowest BCUT2D eigenvalue weighted by Crippen LogP contribution is -2.43. The van der Waals surface area contributed by atoms with Crippen LogP contribution in [-0.2, 0) is 0 Å². The molecule has 1 aromatic heterocycles. The van der Waals surface area contributed by atoms with E-state index >= 15 is 0 Å². The summed E-state index contributed by atoms with van der Waals surface area (Å²) in [6.07, 6.45) is -0.753. The van der Waals surface area contributed by atoms with E-state index in [1.54, 1.807) is 13.0 Å². The lowest BCUT2D eigenvalue weighted by Gasteiger charge is -2.31. The van der Waals surface area contributed by atoms with Gasteiger partial charge in [0.1, 0.15) is 17.3 Å². The lowest BCUT2D eigenvalue weighted by atomic mass is 10.1. The van der Waals surface area contributed by atoms with E-state index in [4.69, 9.17) is 5.26 Å². The van der Waals surface area contributed by atoms with Crippen LogP contribution < -0.4 is 5.56 Å². The molecule has 106 valence electrons. The van der Waals surface area contributed by atoms with Crippen molar-refractivity contribution in [2.24, 2.45) is 0 Å². The van der Waals surface area contributed by atoms with Gasteiger partial charge in [-0.25, -0.2) is 8.78 Å². The molecule has 2 heterocycles. The molecule has 5 nitrogen and oxygen atoms in total. The molecule has 0 aliphatic carbocycles. The van der Waals surface area contributed by atoms with Crippen molar-refractivity contribution < 1.29 is 13.6 Å². The van der Waals surface area contributed by atoms with Crippen molar-refractivity contribution in [2.75, 3.05) is 13.1 Å². The number of hydrogen-bond donors (Lipinski definition) is 1. The molecule has 0 unspecified atom stereocenters. The summed E-state index contributed by atoms with van der Waals surface area (Å²) in [5.41, 5.74) is -0.226. The van der Waals surface area contributed by atoms with Crippen molar-refractivity contribution in [3.05, 3.63) is 33.2 Å². The van der Waals surface area contributed by atoms with Gasteiger partial charge in [0, 0.05) is 25.9 Å². The van der Waals surface area contributed by atoms with Gasteiger partial charge in [0.05, 0.1) is 0 Å². The minimum atomic E-state index is -2.73. The first-order valence-electron chi connectivity index (χ1n) is 6.15. The SMILES string of the molecule is Cc1cc(C#N)c(=O)[nH]c1C(=O)N1CCC(F)(F)CC1. The smallest absolute Gasteiger partial charge is 0.270 e. The molecular formula is C13H13F2N3O2. The summed E-state index contributed by atoms with van der Waals surface area (Å²) in [6.45, 7) is 1.49. The fraction of sp³-hybridized carbons (Fsp3) is 0.462. The van der Waals surface area contributed by atoms with Crippen LogP contribution in [0, 0.1) is 18.3 Å². The van der Waals surface area contributed by atoms with Crippen LogP contribution in [0.5, 0.6) is 0 Å². The lowest BCUT2D eigenvalue weighted by molar-refractivity contribution is -0.0495. The zero-order chi connectivity index (χ0) is 14.9. The van der Waals surface area contributed by atoms with Crippen LogP contribution in [0.3, 0.4) is 0 Å². The maximum Gasteiger partial charge on any atom is 0.270 e. The molecule has 1 saturated heterocycles. The Bertz CT molecular complexity index is 636. The molecule has 0 aromatic carbocycles. The number of alkyl halides is 2. The number of halogens is 2. The molecular weight excluding hydrogens is 268 g/mol. The third-order valence-electron chi connectivity index (χ3n) is 3.35. The van der Waals surface area contributed by atoms with E-state index in [1.807, 2.05) is 0 Å². The molecule has 0 spiro atoms. The van der Waals surface area contributed by atoms with Gasteiger partial charge in [0.25, 0.3) is 17.4 Å². The molecule has 0 saturated carbocycles. The fourth-order valence-corrected chi connectivity index (χ4v) is 2.13. The number of aromatic amines is 1. The molecule has 2 rings (SSSR count). The number of aromatic nitrogens is 1. The van der Waals surface area contributed by atoms with Crippen LogP contribution in [0.15, 0.2) is 10.9 Å². The van der Waals surface area contributed by atoms with Gasteiger partial charge in [0.15, 0.2) is 0 Å². The Morgan fingerprint density at radius 2 is 2.05 bits per heavy atom. The van der Waals surface area contributed by atoms with E-state index in [0.29, 0.717) is 5.56 Å². The van der Waals surface area contributed by atoms with Crippen LogP contribution in [0.1, 0.15) is 34.5 Å². The highest BCUT2D eigenvalue weighted by Gasteiger charge is 2.36. The Kier molecular flexibility index (Phi) is 3.57. The quantitative estimate of drug-likeness (QED) is 0.845. The normalized spacial score (nSPS) is 17.6. The number of carbonyl (C=O) groups excluding carboxylic acids is 1. The third-order valence-corrected chi connectivity index (χ3v) is 3.35. The van der Waals surface area contributed by atoms with E-state index in [2.05, 4.69) is 4.98 Å². The Hall–Kier alpha value is -2.23. The maximum atomic E-state index is 13.1. The zero-order valence-electron chi connectivity index (χ0n) is 10.9. The van der Waals surface area contributed by atoms with E-state index in [0.717, 1.165) is 0 Å². The summed E-state index contributed by atoms with van der Waals surface area (Å²) < 4.78 is 26.1. The molecule has 0 bridgehead atoms. The predicted octanol–water partition coefficient (Wildman–Crippen LogP) is 1.43. The van der Waals surface area contributed by atoms with Crippen LogP contribution in [0.4, 0.5) is 8.78 Å². The second-order valence-corrected chi connectivity index (χ2v) is 4.83. The first-order valence-corrected chi connectivity index (χ1v) is 6.15. The van der Waals surface area contributed by atoms with Gasteiger partial charge in [0.2, 0.25) is 0 Å². The summed E-state index contributed by atoms with van der Waals surface area (Å²) in [6, 6.07) is 3.05. The first kappa shape index (κ1) is 14.2. The zero-order valence-corrected chi connectivity index (χ0v) is 10.9. The van der Waals surface area contributed by atoms with Gasteiger partial charge in [-0.05, 0) is 18.6 Å². The monoisotopic (exact) mass is 281 g/mol. The second-order valence-electron chi connectivity index (χ2n) is 4.83. The standard InChI is InChI=1S/C13H13F2N3O2/c1-8-6-9(7-16)11(19)17-10(8)12(20)18-4-2-13(14,15)3-5-18/h6H,2-5H2,1H3,(H,17,19). The molecule has 1 amide bonds. The van der Waals surface area contributed by atoms with Gasteiger partial charge >= 0.3 is 0 Å². The number of nitriles is 1.